The number of aryl methyl sites for hydroxylation is 1. The highest BCUT2D eigenvalue weighted by atomic mass is 17.1. The Hall–Kier alpha value is -1.22. The highest BCUT2D eigenvalue weighted by molar-refractivity contribution is 5.38. The Bertz CT molecular complexity index is 245. The van der Waals surface area contributed by atoms with E-state index in [-0.39, 0.29) is 0 Å². The highest BCUT2D eigenvalue weighted by Crippen LogP contribution is 2.22. The van der Waals surface area contributed by atoms with E-state index in [0.717, 1.165) is 11.3 Å². The lowest BCUT2D eigenvalue weighted by atomic mass is 10.2. The Morgan fingerprint density at radius 1 is 1.36 bits per heavy atom. The number of benzene rings is 1. The minimum Gasteiger partial charge on any atom is -0.497 e. The Labute approximate surface area is 65.1 Å². The third kappa shape index (κ3) is 1.62. The zero-order valence-electron chi connectivity index (χ0n) is 6.50. The van der Waals surface area contributed by atoms with E-state index in [1.54, 1.807) is 25.3 Å². The summed E-state index contributed by atoms with van der Waals surface area (Å²) in [5.41, 5.74) is 0.840. The first-order valence-corrected chi connectivity index (χ1v) is 3.24. The van der Waals surface area contributed by atoms with E-state index < -0.39 is 0 Å². The van der Waals surface area contributed by atoms with E-state index in [2.05, 4.69) is 4.89 Å². The summed E-state index contributed by atoms with van der Waals surface area (Å²) in [6.45, 7) is 1.83. The summed E-state index contributed by atoms with van der Waals surface area (Å²) < 4.78 is 4.96. The maximum absolute atomic E-state index is 8.34. The van der Waals surface area contributed by atoms with Gasteiger partial charge in [-0.3, -0.25) is 0 Å². The average Bonchev–Trinajstić information content (AvgIpc) is 2.04. The number of ether oxygens (including phenoxy) is 1. The summed E-state index contributed by atoms with van der Waals surface area (Å²) in [4.78, 5) is 4.09. The molecule has 0 bridgehead atoms. The van der Waals surface area contributed by atoms with Gasteiger partial charge in [0.1, 0.15) is 5.75 Å². The van der Waals surface area contributed by atoms with Crippen LogP contribution in [-0.2, 0) is 0 Å². The number of methoxy groups -OCH3 is 1. The van der Waals surface area contributed by atoms with Crippen LogP contribution in [0.4, 0.5) is 0 Å². The topological polar surface area (TPSA) is 38.7 Å². The van der Waals surface area contributed by atoms with Crippen LogP contribution >= 0.6 is 0 Å². The van der Waals surface area contributed by atoms with Crippen molar-refractivity contribution in [1.82, 2.24) is 0 Å². The highest BCUT2D eigenvalue weighted by Gasteiger charge is 1.99. The van der Waals surface area contributed by atoms with Crippen LogP contribution in [0.2, 0.25) is 0 Å². The van der Waals surface area contributed by atoms with Crippen LogP contribution in [0.1, 0.15) is 5.56 Å². The van der Waals surface area contributed by atoms with Gasteiger partial charge in [-0.05, 0) is 30.7 Å². The molecule has 0 aliphatic heterocycles. The van der Waals surface area contributed by atoms with E-state index >= 15 is 0 Å². The molecule has 0 radical (unpaired) electrons. The summed E-state index contributed by atoms with van der Waals surface area (Å²) in [6.07, 6.45) is 0. The van der Waals surface area contributed by atoms with Crippen molar-refractivity contribution in [3.8, 4) is 11.5 Å². The molecule has 1 N–H and O–H groups in total. The molecule has 0 aromatic heterocycles. The quantitative estimate of drug-likeness (QED) is 0.522. The maximum Gasteiger partial charge on any atom is 0.168 e. The lowest BCUT2D eigenvalue weighted by Gasteiger charge is -2.03. The zero-order valence-corrected chi connectivity index (χ0v) is 6.50. The van der Waals surface area contributed by atoms with Crippen LogP contribution in [-0.4, -0.2) is 12.4 Å². The third-order valence-corrected chi connectivity index (χ3v) is 1.48. The molecule has 0 atom stereocenters. The normalized spacial score (nSPS) is 9.36. The molecule has 0 spiro atoms. The summed E-state index contributed by atoms with van der Waals surface area (Å²) in [6, 6.07) is 5.15. The van der Waals surface area contributed by atoms with Gasteiger partial charge >= 0.3 is 0 Å². The van der Waals surface area contributed by atoms with Gasteiger partial charge in [0, 0.05) is 0 Å². The predicted octanol–water partition coefficient (Wildman–Crippen LogP) is 1.86. The molecule has 0 saturated carbocycles. The molecule has 0 amide bonds. The smallest absolute Gasteiger partial charge is 0.168 e. The monoisotopic (exact) mass is 154 g/mol. The van der Waals surface area contributed by atoms with Crippen molar-refractivity contribution in [3.05, 3.63) is 23.8 Å². The van der Waals surface area contributed by atoms with Gasteiger partial charge in [-0.15, -0.1) is 0 Å². The van der Waals surface area contributed by atoms with Gasteiger partial charge in [-0.2, -0.15) is 0 Å². The van der Waals surface area contributed by atoms with Crippen molar-refractivity contribution in [1.29, 1.82) is 0 Å². The van der Waals surface area contributed by atoms with Gasteiger partial charge in [-0.1, -0.05) is 0 Å². The van der Waals surface area contributed by atoms with Crippen molar-refractivity contribution in [2.75, 3.05) is 7.11 Å². The first-order chi connectivity index (χ1) is 5.27. The second-order valence-electron chi connectivity index (χ2n) is 2.22. The summed E-state index contributed by atoms with van der Waals surface area (Å²) in [5, 5.41) is 8.34. The van der Waals surface area contributed by atoms with Crippen LogP contribution in [0.15, 0.2) is 18.2 Å². The van der Waals surface area contributed by atoms with Gasteiger partial charge in [0.2, 0.25) is 0 Å². The van der Waals surface area contributed by atoms with Gasteiger partial charge in [0.25, 0.3) is 0 Å². The average molecular weight is 154 g/mol. The molecular weight excluding hydrogens is 144 g/mol. The fraction of sp³-hybridized carbons (Fsp3) is 0.250. The Morgan fingerprint density at radius 3 is 2.55 bits per heavy atom. The van der Waals surface area contributed by atoms with E-state index in [0.29, 0.717) is 5.75 Å². The molecule has 3 heteroatoms. The molecule has 1 aromatic rings. The largest absolute Gasteiger partial charge is 0.497 e. The first kappa shape index (κ1) is 7.88. The van der Waals surface area contributed by atoms with E-state index in [1.165, 1.54) is 0 Å². The van der Waals surface area contributed by atoms with E-state index in [9.17, 15) is 0 Å². The molecule has 0 heterocycles. The van der Waals surface area contributed by atoms with Crippen LogP contribution in [0.3, 0.4) is 0 Å². The molecule has 0 aliphatic rings. The van der Waals surface area contributed by atoms with E-state index in [1.807, 2.05) is 6.92 Å². The fourth-order valence-electron chi connectivity index (χ4n) is 0.851. The molecule has 3 nitrogen and oxygen atoms in total. The van der Waals surface area contributed by atoms with Crippen LogP contribution in [0.25, 0.3) is 0 Å². The Kier molecular flexibility index (Phi) is 2.33. The fourth-order valence-corrected chi connectivity index (χ4v) is 0.851. The van der Waals surface area contributed by atoms with Gasteiger partial charge in [-0.25, -0.2) is 5.26 Å². The minimum atomic E-state index is 0.450. The van der Waals surface area contributed by atoms with Gasteiger partial charge in [0.15, 0.2) is 5.75 Å². The molecular formula is C8H10O3. The van der Waals surface area contributed by atoms with Crippen molar-refractivity contribution in [2.24, 2.45) is 0 Å². The first-order valence-electron chi connectivity index (χ1n) is 3.24. The standard InChI is InChI=1S/C8H10O3/c1-6-5-7(10-2)3-4-8(6)11-9/h3-5,9H,1-2H3. The van der Waals surface area contributed by atoms with Crippen molar-refractivity contribution < 1.29 is 14.9 Å². The molecule has 1 aromatic carbocycles. The lowest BCUT2D eigenvalue weighted by Crippen LogP contribution is -1.89. The molecule has 60 valence electrons. The van der Waals surface area contributed by atoms with Crippen LogP contribution in [0.5, 0.6) is 11.5 Å². The maximum atomic E-state index is 8.34. The summed E-state index contributed by atoms with van der Waals surface area (Å²) >= 11 is 0. The van der Waals surface area contributed by atoms with Crippen molar-refractivity contribution >= 4 is 0 Å². The molecule has 0 aliphatic carbocycles. The van der Waals surface area contributed by atoms with Crippen LogP contribution in [0, 0.1) is 6.92 Å². The molecule has 0 unspecified atom stereocenters. The second kappa shape index (κ2) is 3.25. The Balaban J connectivity index is 2.99. The Morgan fingerprint density at radius 2 is 2.09 bits per heavy atom. The molecule has 0 fully saturated rings. The number of hydrogen-bond acceptors (Lipinski definition) is 3. The SMILES string of the molecule is COc1ccc(OO)c(C)c1. The van der Waals surface area contributed by atoms with Gasteiger partial charge in [0.05, 0.1) is 7.11 Å². The summed E-state index contributed by atoms with van der Waals surface area (Å²) in [5.74, 6) is 1.20. The third-order valence-electron chi connectivity index (χ3n) is 1.48. The molecule has 1 rings (SSSR count). The van der Waals surface area contributed by atoms with Gasteiger partial charge < -0.3 is 9.62 Å². The lowest BCUT2D eigenvalue weighted by molar-refractivity contribution is -0.138. The minimum absolute atomic E-state index is 0.450. The van der Waals surface area contributed by atoms with Crippen molar-refractivity contribution in [2.45, 2.75) is 6.92 Å². The second-order valence-corrected chi connectivity index (χ2v) is 2.22. The summed E-state index contributed by atoms with van der Waals surface area (Å²) in [7, 11) is 1.59. The van der Waals surface area contributed by atoms with Crippen LogP contribution < -0.4 is 9.62 Å². The number of hydrogen-bond donors (Lipinski definition) is 1. The van der Waals surface area contributed by atoms with Crippen molar-refractivity contribution in [3.63, 3.8) is 0 Å². The van der Waals surface area contributed by atoms with E-state index in [4.69, 9.17) is 9.99 Å². The predicted molar refractivity (Wildman–Crippen MR) is 41.0 cm³/mol. The number of rotatable bonds is 2. The molecule has 11 heavy (non-hydrogen) atoms. The molecule has 0 saturated heterocycles. The zero-order chi connectivity index (χ0) is 8.27.